The van der Waals surface area contributed by atoms with Crippen LogP contribution in [0, 0.1) is 0 Å². The number of hydrogen-bond acceptors (Lipinski definition) is 2. The van der Waals surface area contributed by atoms with Crippen LogP contribution in [-0.2, 0) is 14.1 Å². The summed E-state index contributed by atoms with van der Waals surface area (Å²) in [7, 11) is -3.63. The van der Waals surface area contributed by atoms with Gasteiger partial charge in [0.2, 0.25) is 9.84 Å². The zero-order valence-electron chi connectivity index (χ0n) is 11.1. The van der Waals surface area contributed by atoms with Crippen LogP contribution in [0.15, 0.2) is 58.3 Å². The van der Waals surface area contributed by atoms with E-state index in [9.17, 15) is 8.42 Å². The predicted octanol–water partition coefficient (Wildman–Crippen LogP) is 7.11. The van der Waals surface area contributed by atoms with Gasteiger partial charge in [-0.2, -0.15) is 0 Å². The third kappa shape index (κ3) is 5.14. The van der Waals surface area contributed by atoms with Crippen molar-refractivity contribution in [3.05, 3.63) is 59.7 Å². The fraction of sp³-hybridized carbons (Fsp3) is 0.143. The third-order valence-corrected chi connectivity index (χ3v) is 7.44. The molecule has 2 aromatic rings. The predicted molar refractivity (Wildman–Crippen MR) is 115 cm³/mol. The van der Waals surface area contributed by atoms with Crippen LogP contribution in [0.2, 0.25) is 0 Å². The molecule has 9 heteroatoms. The topological polar surface area (TPSA) is 34.1 Å². The molecule has 0 bridgehead atoms. The molecule has 23 heavy (non-hydrogen) atoms. The van der Waals surface area contributed by atoms with Crippen molar-refractivity contribution >= 4 is 105 Å². The standard InChI is InChI=1S/C14H8Br6O2S/c15-13(16,17)9-3-1-5-11(7-9)23(21,22)12-6-2-4-10(8-12)14(18,19)20/h1-8H. The minimum atomic E-state index is -3.63. The quantitative estimate of drug-likeness (QED) is 0.311. The highest BCUT2D eigenvalue weighted by Crippen LogP contribution is 2.46. The third-order valence-electron chi connectivity index (χ3n) is 2.94. The molecule has 0 unspecified atom stereocenters. The first-order valence-corrected chi connectivity index (χ1v) is 12.3. The molecule has 0 heterocycles. The smallest absolute Gasteiger partial charge is 0.206 e. The molecular weight excluding hydrogens is 712 g/mol. The van der Waals surface area contributed by atoms with Crippen molar-refractivity contribution in [2.75, 3.05) is 0 Å². The Hall–Kier alpha value is 1.27. The Balaban J connectivity index is 2.56. The summed E-state index contributed by atoms with van der Waals surface area (Å²) in [6.45, 7) is 0. The summed E-state index contributed by atoms with van der Waals surface area (Å²) in [5.41, 5.74) is 1.48. The van der Waals surface area contributed by atoms with Crippen LogP contribution in [0.25, 0.3) is 0 Å². The van der Waals surface area contributed by atoms with E-state index >= 15 is 0 Å². The monoisotopic (exact) mass is 714 g/mol. The Morgan fingerprint density at radius 2 is 1.00 bits per heavy atom. The molecule has 0 amide bonds. The van der Waals surface area contributed by atoms with Crippen LogP contribution in [0.5, 0.6) is 0 Å². The first-order chi connectivity index (χ1) is 10.4. The zero-order valence-corrected chi connectivity index (χ0v) is 21.4. The van der Waals surface area contributed by atoms with Gasteiger partial charge < -0.3 is 0 Å². The maximum Gasteiger partial charge on any atom is 0.206 e. The number of hydrogen-bond donors (Lipinski definition) is 0. The lowest BCUT2D eigenvalue weighted by atomic mass is 10.2. The number of benzene rings is 2. The van der Waals surface area contributed by atoms with Gasteiger partial charge in [-0.15, -0.1) is 0 Å². The maximum atomic E-state index is 12.9. The molecule has 0 radical (unpaired) electrons. The second-order valence-corrected chi connectivity index (χ2v) is 20.0. The maximum absolute atomic E-state index is 12.9. The van der Waals surface area contributed by atoms with Crippen molar-refractivity contribution < 1.29 is 8.42 Å². The molecule has 0 aliphatic rings. The number of rotatable bonds is 2. The molecule has 0 atom stereocenters. The van der Waals surface area contributed by atoms with Gasteiger partial charge >= 0.3 is 0 Å². The zero-order chi connectivity index (χ0) is 17.5. The molecule has 0 saturated heterocycles. The minimum Gasteiger partial charge on any atom is -0.219 e. The van der Waals surface area contributed by atoms with E-state index < -0.39 is 14.1 Å². The van der Waals surface area contributed by atoms with E-state index in [0.29, 0.717) is 0 Å². The van der Waals surface area contributed by atoms with E-state index in [0.717, 1.165) is 11.1 Å². The van der Waals surface area contributed by atoms with Crippen molar-refractivity contribution in [2.24, 2.45) is 0 Å². The van der Waals surface area contributed by atoms with Gasteiger partial charge in [0.1, 0.15) is 0 Å². The van der Waals surface area contributed by atoms with Gasteiger partial charge in [0.15, 0.2) is 4.29 Å². The lowest BCUT2D eigenvalue weighted by Gasteiger charge is -2.16. The number of halogens is 6. The van der Waals surface area contributed by atoms with Crippen molar-refractivity contribution in [3.8, 4) is 0 Å². The average molecular weight is 720 g/mol. The van der Waals surface area contributed by atoms with Crippen LogP contribution < -0.4 is 0 Å². The van der Waals surface area contributed by atoms with Gasteiger partial charge in [0.25, 0.3) is 0 Å². The molecule has 0 aliphatic heterocycles. The first-order valence-electron chi connectivity index (χ1n) is 6.02. The van der Waals surface area contributed by atoms with Crippen LogP contribution in [0.4, 0.5) is 0 Å². The summed E-state index contributed by atoms with van der Waals surface area (Å²) < 4.78 is 24.5. The normalized spacial score (nSPS) is 13.1. The minimum absolute atomic E-state index is 0.221. The van der Waals surface area contributed by atoms with E-state index in [2.05, 4.69) is 95.6 Å². The van der Waals surface area contributed by atoms with E-state index in [1.54, 1.807) is 36.4 Å². The van der Waals surface area contributed by atoms with E-state index in [1.165, 1.54) is 0 Å². The van der Waals surface area contributed by atoms with Gasteiger partial charge in [0, 0.05) is 0 Å². The molecule has 0 aliphatic carbocycles. The highest BCUT2D eigenvalue weighted by atomic mass is 80.0. The van der Waals surface area contributed by atoms with Crippen LogP contribution in [-0.4, -0.2) is 8.42 Å². The van der Waals surface area contributed by atoms with Crippen molar-refractivity contribution in [1.82, 2.24) is 0 Å². The summed E-state index contributed by atoms with van der Waals surface area (Å²) in [6.07, 6.45) is 0. The van der Waals surface area contributed by atoms with Gasteiger partial charge in [0.05, 0.1) is 9.79 Å². The van der Waals surface area contributed by atoms with Crippen LogP contribution >= 0.6 is 95.6 Å². The largest absolute Gasteiger partial charge is 0.219 e. The highest BCUT2D eigenvalue weighted by molar-refractivity contribution is 9.39. The Morgan fingerprint density at radius 3 is 1.30 bits per heavy atom. The van der Waals surface area contributed by atoms with Gasteiger partial charge in [-0.1, -0.05) is 120 Å². The Kier molecular flexibility index (Phi) is 6.70. The Labute approximate surface area is 185 Å². The van der Waals surface area contributed by atoms with Crippen LogP contribution in [0.1, 0.15) is 11.1 Å². The lowest BCUT2D eigenvalue weighted by molar-refractivity contribution is 0.596. The Bertz CT molecular complexity index is 758. The average Bonchev–Trinajstić information content (AvgIpc) is 2.46. The first kappa shape index (κ1) is 20.6. The number of alkyl halides is 6. The second-order valence-electron chi connectivity index (χ2n) is 4.55. The molecule has 0 fully saturated rings. The van der Waals surface area contributed by atoms with Gasteiger partial charge in [-0.3, -0.25) is 0 Å². The molecule has 0 spiro atoms. The van der Waals surface area contributed by atoms with Crippen molar-refractivity contribution in [1.29, 1.82) is 0 Å². The van der Waals surface area contributed by atoms with Gasteiger partial charge in [-0.25, -0.2) is 8.42 Å². The molecule has 124 valence electrons. The fourth-order valence-corrected chi connectivity index (χ4v) is 4.65. The summed E-state index contributed by atoms with van der Waals surface area (Å²) in [6, 6.07) is 13.4. The van der Waals surface area contributed by atoms with E-state index in [-0.39, 0.29) is 9.79 Å². The number of sulfone groups is 1. The van der Waals surface area contributed by atoms with Crippen molar-refractivity contribution in [2.45, 2.75) is 14.1 Å². The van der Waals surface area contributed by atoms with Crippen LogP contribution in [0.3, 0.4) is 0 Å². The summed E-state index contributed by atoms with van der Waals surface area (Å²) in [4.78, 5) is 0.443. The van der Waals surface area contributed by atoms with E-state index in [4.69, 9.17) is 0 Å². The summed E-state index contributed by atoms with van der Waals surface area (Å²) >= 11 is 20.4. The lowest BCUT2D eigenvalue weighted by Crippen LogP contribution is -2.07. The Morgan fingerprint density at radius 1 is 0.652 bits per heavy atom. The van der Waals surface area contributed by atoms with Gasteiger partial charge in [-0.05, 0) is 35.4 Å². The summed E-state index contributed by atoms with van der Waals surface area (Å²) in [5, 5.41) is 0. The highest BCUT2D eigenvalue weighted by Gasteiger charge is 2.26. The summed E-state index contributed by atoms with van der Waals surface area (Å²) in [5.74, 6) is 0. The molecule has 0 aromatic heterocycles. The molecule has 0 N–H and O–H groups in total. The molecule has 2 nitrogen and oxygen atoms in total. The molecule has 0 saturated carbocycles. The van der Waals surface area contributed by atoms with Crippen molar-refractivity contribution in [3.63, 3.8) is 0 Å². The second kappa shape index (κ2) is 7.48. The fourth-order valence-electron chi connectivity index (χ4n) is 1.82. The molecular formula is C14H8Br6O2S. The van der Waals surface area contributed by atoms with E-state index in [1.807, 2.05) is 12.1 Å². The molecule has 2 aromatic carbocycles. The molecule has 2 rings (SSSR count). The SMILES string of the molecule is O=S(=O)(c1cccc(C(Br)(Br)Br)c1)c1cccc(C(Br)(Br)Br)c1.